The maximum atomic E-state index is 12.6. The van der Waals surface area contributed by atoms with Gasteiger partial charge in [-0.05, 0) is 44.3 Å². The van der Waals surface area contributed by atoms with E-state index in [1.807, 2.05) is 18.7 Å². The minimum absolute atomic E-state index is 0. The first-order valence-electron chi connectivity index (χ1n) is 8.93. The van der Waals surface area contributed by atoms with Gasteiger partial charge in [0.15, 0.2) is 5.96 Å². The van der Waals surface area contributed by atoms with Crippen LogP contribution in [-0.4, -0.2) is 67.9 Å². The van der Waals surface area contributed by atoms with Gasteiger partial charge < -0.3 is 10.6 Å². The molecule has 2 N–H and O–H groups in total. The van der Waals surface area contributed by atoms with Crippen LogP contribution in [0.1, 0.15) is 32.6 Å². The fourth-order valence-electron chi connectivity index (χ4n) is 3.07. The Morgan fingerprint density at radius 2 is 1.93 bits per heavy atom. The Bertz CT molecular complexity index is 576. The van der Waals surface area contributed by atoms with E-state index in [-0.39, 0.29) is 43.0 Å². The molecular formula is C15H28F3IN4O2S2. The lowest BCUT2D eigenvalue weighted by molar-refractivity contribution is -0.0496. The molecule has 2 aliphatic rings. The molecule has 27 heavy (non-hydrogen) atoms. The summed E-state index contributed by atoms with van der Waals surface area (Å²) in [6.45, 7) is 2.98. The number of hydrogen-bond acceptors (Lipinski definition) is 4. The number of nitrogens with zero attached hydrogens (tertiary/aromatic N) is 2. The van der Waals surface area contributed by atoms with E-state index < -0.39 is 15.5 Å². The van der Waals surface area contributed by atoms with Gasteiger partial charge in [0.05, 0.1) is 0 Å². The molecule has 12 heteroatoms. The van der Waals surface area contributed by atoms with Crippen LogP contribution in [0.15, 0.2) is 4.99 Å². The highest BCUT2D eigenvalue weighted by Gasteiger charge is 2.50. The third-order valence-corrected chi connectivity index (χ3v) is 7.40. The zero-order valence-electron chi connectivity index (χ0n) is 15.3. The van der Waals surface area contributed by atoms with Crippen molar-refractivity contribution in [2.75, 3.05) is 37.7 Å². The molecule has 2 rings (SSSR count). The Balaban J connectivity index is 0.00000364. The van der Waals surface area contributed by atoms with Crippen molar-refractivity contribution in [3.63, 3.8) is 0 Å². The minimum atomic E-state index is -5.22. The number of halogens is 4. The predicted octanol–water partition coefficient (Wildman–Crippen LogP) is 2.62. The van der Waals surface area contributed by atoms with Crippen molar-refractivity contribution in [2.24, 2.45) is 10.9 Å². The summed E-state index contributed by atoms with van der Waals surface area (Å²) in [7, 11) is -5.21. The molecule has 0 aromatic carbocycles. The molecule has 0 aromatic rings. The van der Waals surface area contributed by atoms with Gasteiger partial charge in [0, 0.05) is 38.0 Å². The Kier molecular flexibility index (Phi) is 10.5. The quantitative estimate of drug-likeness (QED) is 0.317. The van der Waals surface area contributed by atoms with E-state index in [0.717, 1.165) is 24.7 Å². The summed E-state index contributed by atoms with van der Waals surface area (Å²) >= 11 is 1.91. The molecule has 2 aliphatic heterocycles. The van der Waals surface area contributed by atoms with Gasteiger partial charge in [-0.25, -0.2) is 8.42 Å². The number of alkyl halides is 3. The fourth-order valence-corrected chi connectivity index (χ4v) is 5.12. The first kappa shape index (κ1) is 25.1. The van der Waals surface area contributed by atoms with Crippen molar-refractivity contribution >= 4 is 51.7 Å². The molecule has 6 nitrogen and oxygen atoms in total. The van der Waals surface area contributed by atoms with Gasteiger partial charge in [0.25, 0.3) is 0 Å². The summed E-state index contributed by atoms with van der Waals surface area (Å²) in [5.74, 6) is 3.04. The van der Waals surface area contributed by atoms with Gasteiger partial charge in [-0.1, -0.05) is 0 Å². The molecule has 0 aliphatic carbocycles. The van der Waals surface area contributed by atoms with Crippen LogP contribution in [0, 0.1) is 5.92 Å². The zero-order valence-corrected chi connectivity index (χ0v) is 19.3. The smallest absolute Gasteiger partial charge is 0.357 e. The van der Waals surface area contributed by atoms with Crippen molar-refractivity contribution in [1.82, 2.24) is 14.9 Å². The van der Waals surface area contributed by atoms with Gasteiger partial charge in [0.2, 0.25) is 0 Å². The molecule has 0 aromatic heterocycles. The number of sulfonamides is 1. The Labute approximate surface area is 180 Å². The van der Waals surface area contributed by atoms with E-state index in [0.29, 0.717) is 29.7 Å². The van der Waals surface area contributed by atoms with E-state index in [1.165, 1.54) is 12.2 Å². The van der Waals surface area contributed by atoms with Crippen molar-refractivity contribution in [2.45, 2.75) is 44.2 Å². The van der Waals surface area contributed by atoms with E-state index in [2.05, 4.69) is 15.6 Å². The molecule has 2 saturated heterocycles. The molecule has 2 fully saturated rings. The molecule has 2 heterocycles. The van der Waals surface area contributed by atoms with Crippen LogP contribution >= 0.6 is 35.7 Å². The lowest BCUT2D eigenvalue weighted by Gasteiger charge is -2.31. The van der Waals surface area contributed by atoms with Gasteiger partial charge in [-0.3, -0.25) is 4.99 Å². The number of rotatable bonds is 5. The molecule has 0 bridgehead atoms. The Morgan fingerprint density at radius 1 is 1.26 bits per heavy atom. The van der Waals surface area contributed by atoms with Crippen LogP contribution in [0.4, 0.5) is 13.2 Å². The standard InChI is InChI=1S/C15H27F3N4O2S2.HI/c1-2-19-14(21-13-4-3-9-25-11-13)20-10-12-5-7-22(8-6-12)26(23,24)15(16,17)18;/h12-13H,2-11H2,1H3,(H2,19,20,21);1H. The molecule has 0 saturated carbocycles. The van der Waals surface area contributed by atoms with E-state index in [4.69, 9.17) is 0 Å². The summed E-state index contributed by atoms with van der Waals surface area (Å²) in [4.78, 5) is 4.56. The second-order valence-corrected chi connectivity index (χ2v) is 9.65. The first-order valence-corrected chi connectivity index (χ1v) is 11.5. The predicted molar refractivity (Wildman–Crippen MR) is 114 cm³/mol. The van der Waals surface area contributed by atoms with Gasteiger partial charge >= 0.3 is 15.5 Å². The van der Waals surface area contributed by atoms with Crippen molar-refractivity contribution in [1.29, 1.82) is 0 Å². The highest BCUT2D eigenvalue weighted by atomic mass is 127. The number of thioether (sulfide) groups is 1. The second kappa shape index (κ2) is 11.3. The second-order valence-electron chi connectivity index (χ2n) is 6.57. The Morgan fingerprint density at radius 3 is 2.44 bits per heavy atom. The third kappa shape index (κ3) is 7.42. The lowest BCUT2D eigenvalue weighted by atomic mass is 9.98. The molecule has 1 atom stereocenters. The number of hydrogen-bond donors (Lipinski definition) is 2. The van der Waals surface area contributed by atoms with E-state index in [9.17, 15) is 21.6 Å². The SMILES string of the molecule is CCNC(=NCC1CCN(S(=O)(=O)C(F)(F)F)CC1)NC1CCCSC1.I. The number of piperidine rings is 1. The number of guanidine groups is 1. The van der Waals surface area contributed by atoms with Crippen LogP contribution in [0.5, 0.6) is 0 Å². The van der Waals surface area contributed by atoms with Crippen LogP contribution in [0.2, 0.25) is 0 Å². The summed E-state index contributed by atoms with van der Waals surface area (Å²) in [6.07, 6.45) is 3.05. The third-order valence-electron chi connectivity index (χ3n) is 4.56. The van der Waals surface area contributed by atoms with Crippen LogP contribution in [-0.2, 0) is 10.0 Å². The summed E-state index contributed by atoms with van der Waals surface area (Å²) < 4.78 is 61.2. The number of aliphatic imine (C=N–C) groups is 1. The maximum Gasteiger partial charge on any atom is 0.511 e. The average molecular weight is 544 g/mol. The lowest BCUT2D eigenvalue weighted by Crippen LogP contribution is -2.46. The first-order chi connectivity index (χ1) is 12.2. The number of nitrogens with one attached hydrogen (secondary N) is 2. The van der Waals surface area contributed by atoms with Crippen molar-refractivity contribution in [3.05, 3.63) is 0 Å². The Hall–Kier alpha value is 0.0500. The van der Waals surface area contributed by atoms with Crippen molar-refractivity contribution in [3.8, 4) is 0 Å². The zero-order chi connectivity index (χ0) is 19.2. The summed E-state index contributed by atoms with van der Waals surface area (Å²) in [6, 6.07) is 0.380. The normalized spacial score (nSPS) is 23.6. The van der Waals surface area contributed by atoms with Crippen LogP contribution in [0.3, 0.4) is 0 Å². The van der Waals surface area contributed by atoms with Crippen LogP contribution in [0.25, 0.3) is 0 Å². The molecule has 0 amide bonds. The van der Waals surface area contributed by atoms with Gasteiger partial charge in [0.1, 0.15) is 0 Å². The minimum Gasteiger partial charge on any atom is -0.357 e. The average Bonchev–Trinajstić information content (AvgIpc) is 2.60. The monoisotopic (exact) mass is 544 g/mol. The highest BCUT2D eigenvalue weighted by molar-refractivity contribution is 14.0. The summed E-state index contributed by atoms with van der Waals surface area (Å²) in [5, 5.41) is 6.61. The molecule has 0 radical (unpaired) electrons. The van der Waals surface area contributed by atoms with E-state index in [1.54, 1.807) is 0 Å². The maximum absolute atomic E-state index is 12.6. The van der Waals surface area contributed by atoms with E-state index >= 15 is 0 Å². The van der Waals surface area contributed by atoms with Crippen molar-refractivity contribution < 1.29 is 21.6 Å². The summed E-state index contributed by atoms with van der Waals surface area (Å²) in [5.41, 5.74) is -5.22. The van der Waals surface area contributed by atoms with Gasteiger partial charge in [-0.15, -0.1) is 24.0 Å². The van der Waals surface area contributed by atoms with Gasteiger partial charge in [-0.2, -0.15) is 29.2 Å². The molecule has 1 unspecified atom stereocenters. The molecule has 0 spiro atoms. The largest absolute Gasteiger partial charge is 0.511 e. The topological polar surface area (TPSA) is 73.8 Å². The highest BCUT2D eigenvalue weighted by Crippen LogP contribution is 2.30. The molecular weight excluding hydrogens is 516 g/mol. The molecule has 160 valence electrons. The van der Waals surface area contributed by atoms with Crippen LogP contribution < -0.4 is 10.6 Å². The fraction of sp³-hybridized carbons (Fsp3) is 0.933.